The molecule has 2 amide bonds. The zero-order valence-electron chi connectivity index (χ0n) is 24.8. The van der Waals surface area contributed by atoms with Gasteiger partial charge < -0.3 is 20.5 Å². The van der Waals surface area contributed by atoms with Gasteiger partial charge in [0.1, 0.15) is 11.8 Å². The van der Waals surface area contributed by atoms with E-state index < -0.39 is 29.6 Å². The number of aryl methyl sites for hydroxylation is 1. The Morgan fingerprint density at radius 1 is 1.02 bits per heavy atom. The van der Waals surface area contributed by atoms with Crippen LogP contribution in [0.1, 0.15) is 37.6 Å². The van der Waals surface area contributed by atoms with Crippen molar-refractivity contribution in [2.24, 2.45) is 5.92 Å². The smallest absolute Gasteiger partial charge is 0.330 e. The summed E-state index contributed by atoms with van der Waals surface area (Å²) in [5.41, 5.74) is 4.04. The normalized spacial score (nSPS) is 12.0. The molecule has 10 heteroatoms. The Labute approximate surface area is 256 Å². The maximum absolute atomic E-state index is 13.2. The minimum atomic E-state index is -1.37. The monoisotopic (exact) mass is 603 g/mol. The molecule has 1 atom stereocenters. The fourth-order valence-corrected chi connectivity index (χ4v) is 5.14. The molecule has 3 rings (SSSR count). The van der Waals surface area contributed by atoms with E-state index in [2.05, 4.69) is 15.6 Å². The van der Waals surface area contributed by atoms with Crippen LogP contribution in [0.5, 0.6) is 5.75 Å². The van der Waals surface area contributed by atoms with Crippen LogP contribution >= 0.6 is 11.8 Å². The maximum atomic E-state index is 13.2. The third-order valence-corrected chi connectivity index (χ3v) is 7.59. The Hall–Kier alpha value is -4.44. The molecule has 0 radical (unpaired) electrons. The molecule has 0 saturated carbocycles. The van der Waals surface area contributed by atoms with Gasteiger partial charge in [0.25, 0.3) is 0 Å². The summed E-state index contributed by atoms with van der Waals surface area (Å²) in [6.45, 7) is 5.53. The van der Waals surface area contributed by atoms with Crippen molar-refractivity contribution in [2.75, 3.05) is 12.9 Å². The molecule has 0 fully saturated rings. The van der Waals surface area contributed by atoms with Gasteiger partial charge in [0.2, 0.25) is 11.8 Å². The van der Waals surface area contributed by atoms with Crippen LogP contribution in [0.3, 0.4) is 0 Å². The topological polar surface area (TPSA) is 135 Å². The lowest BCUT2D eigenvalue weighted by Gasteiger charge is -2.22. The second kappa shape index (κ2) is 16.3. The van der Waals surface area contributed by atoms with Crippen molar-refractivity contribution in [3.8, 4) is 16.9 Å². The number of carbonyl (C=O) groups is 4. The number of pyridine rings is 1. The average molecular weight is 604 g/mol. The van der Waals surface area contributed by atoms with Gasteiger partial charge in [0, 0.05) is 28.8 Å². The number of aromatic nitrogens is 1. The molecule has 1 heterocycles. The number of ketones is 1. The standard InChI is InChI=1S/C33H37N3O6S/c1-5-26-13-11-24(18-34-26)23-12-14-29(42-4)25(15-23)16-30(38)36-32(21(2)3)33(41)35-27(17-31(39)40)28(37)20-43-19-22-9-7-6-8-10-22/h6-15,17-18,21,32H,5,16,19-20H2,1-4H3,(H,35,41)(H,36,38)(H,39,40)/b27-17+. The fraction of sp³-hybridized carbons (Fsp3) is 0.303. The Bertz CT molecular complexity index is 1460. The van der Waals surface area contributed by atoms with Crippen LogP contribution < -0.4 is 15.4 Å². The molecule has 1 unspecified atom stereocenters. The number of carbonyl (C=O) groups excluding carboxylic acids is 3. The molecule has 0 aliphatic heterocycles. The Kier molecular flexibility index (Phi) is 12.5. The quantitative estimate of drug-likeness (QED) is 0.215. The Morgan fingerprint density at radius 2 is 1.74 bits per heavy atom. The molecule has 0 bridgehead atoms. The van der Waals surface area contributed by atoms with Gasteiger partial charge in [-0.3, -0.25) is 19.4 Å². The van der Waals surface area contributed by atoms with Crippen molar-refractivity contribution in [1.29, 1.82) is 0 Å². The van der Waals surface area contributed by atoms with E-state index in [0.29, 0.717) is 23.1 Å². The lowest BCUT2D eigenvalue weighted by Crippen LogP contribution is -2.50. The number of amides is 2. The predicted molar refractivity (Wildman–Crippen MR) is 168 cm³/mol. The molecule has 3 aromatic rings. The highest BCUT2D eigenvalue weighted by atomic mass is 32.2. The first kappa shape index (κ1) is 33.1. The van der Waals surface area contributed by atoms with E-state index in [1.807, 2.05) is 61.5 Å². The van der Waals surface area contributed by atoms with Crippen molar-refractivity contribution in [2.45, 2.75) is 45.4 Å². The molecule has 0 aliphatic rings. The third kappa shape index (κ3) is 10.1. The van der Waals surface area contributed by atoms with Gasteiger partial charge in [-0.2, -0.15) is 0 Å². The van der Waals surface area contributed by atoms with E-state index >= 15 is 0 Å². The number of nitrogens with zero attached hydrogens (tertiary/aromatic N) is 1. The molecule has 0 aliphatic carbocycles. The van der Waals surface area contributed by atoms with Crippen molar-refractivity contribution in [3.63, 3.8) is 0 Å². The molecule has 9 nitrogen and oxygen atoms in total. The number of carboxylic acid groups (broad SMARTS) is 1. The lowest BCUT2D eigenvalue weighted by molar-refractivity contribution is -0.132. The summed E-state index contributed by atoms with van der Waals surface area (Å²) in [4.78, 5) is 55.1. The van der Waals surface area contributed by atoms with E-state index in [4.69, 9.17) is 4.74 Å². The zero-order valence-corrected chi connectivity index (χ0v) is 25.6. The number of benzene rings is 2. The summed E-state index contributed by atoms with van der Waals surface area (Å²) < 4.78 is 5.47. The highest BCUT2D eigenvalue weighted by molar-refractivity contribution is 7.99. The molecule has 3 N–H and O–H groups in total. The van der Waals surface area contributed by atoms with E-state index in [0.717, 1.165) is 28.8 Å². The number of rotatable bonds is 15. The molecular weight excluding hydrogens is 566 g/mol. The second-order valence-corrected chi connectivity index (χ2v) is 11.2. The molecule has 226 valence electrons. The summed E-state index contributed by atoms with van der Waals surface area (Å²) in [5, 5.41) is 14.5. The minimum absolute atomic E-state index is 0.0280. The SMILES string of the molecule is CCc1ccc(-c2ccc(OC)c(CC(=O)NC(C(=O)N/C(=C/C(=O)O)C(=O)CSCc3ccccc3)C(C)C)c2)cn1. The number of hydrogen-bond donors (Lipinski definition) is 3. The lowest BCUT2D eigenvalue weighted by atomic mass is 10.00. The summed E-state index contributed by atoms with van der Waals surface area (Å²) >= 11 is 1.31. The second-order valence-electron chi connectivity index (χ2n) is 10.2. The largest absolute Gasteiger partial charge is 0.496 e. The van der Waals surface area contributed by atoms with Gasteiger partial charge in [-0.05, 0) is 41.7 Å². The number of hydrogen-bond acceptors (Lipinski definition) is 7. The fourth-order valence-electron chi connectivity index (χ4n) is 4.27. The summed E-state index contributed by atoms with van der Waals surface area (Å²) in [7, 11) is 1.52. The van der Waals surface area contributed by atoms with E-state index in [1.54, 1.807) is 26.1 Å². The summed E-state index contributed by atoms with van der Waals surface area (Å²) in [6.07, 6.45) is 3.23. The third-order valence-electron chi connectivity index (χ3n) is 6.59. The van der Waals surface area contributed by atoms with Gasteiger partial charge in [-0.25, -0.2) is 4.79 Å². The van der Waals surface area contributed by atoms with Crippen LogP contribution in [-0.2, 0) is 37.8 Å². The highest BCUT2D eigenvalue weighted by Crippen LogP contribution is 2.27. The average Bonchev–Trinajstić information content (AvgIpc) is 2.99. The number of thioether (sulfide) groups is 1. The number of methoxy groups -OCH3 is 1. The van der Waals surface area contributed by atoms with Gasteiger partial charge in [-0.15, -0.1) is 11.8 Å². The molecule has 2 aromatic carbocycles. The van der Waals surface area contributed by atoms with Crippen LogP contribution in [0.15, 0.2) is 78.6 Å². The van der Waals surface area contributed by atoms with E-state index in [1.165, 1.54) is 18.9 Å². The molecule has 0 spiro atoms. The first-order valence-electron chi connectivity index (χ1n) is 13.9. The van der Waals surface area contributed by atoms with Crippen LogP contribution in [0, 0.1) is 5.92 Å². The zero-order chi connectivity index (χ0) is 31.4. The predicted octanol–water partition coefficient (Wildman–Crippen LogP) is 4.59. The first-order valence-corrected chi connectivity index (χ1v) is 15.1. The van der Waals surface area contributed by atoms with Crippen LogP contribution in [0.2, 0.25) is 0 Å². The van der Waals surface area contributed by atoms with E-state index in [-0.39, 0.29) is 23.8 Å². The van der Waals surface area contributed by atoms with Crippen LogP contribution in [0.4, 0.5) is 0 Å². The van der Waals surface area contributed by atoms with Crippen LogP contribution in [0.25, 0.3) is 11.1 Å². The summed E-state index contributed by atoms with van der Waals surface area (Å²) in [6, 6.07) is 18.0. The first-order chi connectivity index (χ1) is 20.6. The number of nitrogens with one attached hydrogen (secondary N) is 2. The van der Waals surface area contributed by atoms with Gasteiger partial charge in [-0.1, -0.05) is 63.2 Å². The van der Waals surface area contributed by atoms with Gasteiger partial charge in [0.05, 0.1) is 31.1 Å². The molecule has 0 saturated heterocycles. The van der Waals surface area contributed by atoms with Crippen molar-refractivity contribution < 1.29 is 29.0 Å². The van der Waals surface area contributed by atoms with Gasteiger partial charge >= 0.3 is 5.97 Å². The highest BCUT2D eigenvalue weighted by Gasteiger charge is 2.27. The Morgan fingerprint density at radius 3 is 2.35 bits per heavy atom. The number of aliphatic carboxylic acids is 1. The Balaban J connectivity index is 1.69. The molecule has 1 aromatic heterocycles. The van der Waals surface area contributed by atoms with Crippen molar-refractivity contribution in [3.05, 3.63) is 95.5 Å². The van der Waals surface area contributed by atoms with E-state index in [9.17, 15) is 24.3 Å². The van der Waals surface area contributed by atoms with Crippen LogP contribution in [-0.4, -0.2) is 52.6 Å². The maximum Gasteiger partial charge on any atom is 0.330 e. The summed E-state index contributed by atoms with van der Waals surface area (Å²) in [5.74, 6) is -2.32. The number of Topliss-reactive ketones (excluding diaryl/α,β-unsaturated/α-hetero) is 1. The number of carboxylic acids is 1. The number of allylic oxidation sites excluding steroid dienone is 1. The molecule has 43 heavy (non-hydrogen) atoms. The minimum Gasteiger partial charge on any atom is -0.496 e. The molecular formula is C33H37N3O6S. The number of ether oxygens (including phenoxy) is 1. The van der Waals surface area contributed by atoms with Crippen molar-refractivity contribution >= 4 is 35.3 Å². The van der Waals surface area contributed by atoms with Gasteiger partial charge in [0.15, 0.2) is 5.78 Å². The van der Waals surface area contributed by atoms with Crippen molar-refractivity contribution in [1.82, 2.24) is 15.6 Å².